The van der Waals surface area contributed by atoms with Gasteiger partial charge in [0.25, 0.3) is 5.56 Å². The van der Waals surface area contributed by atoms with Crippen molar-refractivity contribution in [1.82, 2.24) is 34.5 Å². The predicted molar refractivity (Wildman–Crippen MR) is 151 cm³/mol. The van der Waals surface area contributed by atoms with Gasteiger partial charge < -0.3 is 10.1 Å². The van der Waals surface area contributed by atoms with Crippen LogP contribution in [0.2, 0.25) is 0 Å². The highest BCUT2D eigenvalue weighted by atomic mass is 32.2. The van der Waals surface area contributed by atoms with E-state index in [0.29, 0.717) is 58.3 Å². The van der Waals surface area contributed by atoms with E-state index in [2.05, 4.69) is 34.1 Å². The van der Waals surface area contributed by atoms with E-state index in [1.54, 1.807) is 23.4 Å². The molecule has 0 spiro atoms. The van der Waals surface area contributed by atoms with Gasteiger partial charge in [-0.2, -0.15) is 0 Å². The molecule has 0 bridgehead atoms. The number of anilines is 1. The standard InChI is InChI=1S/C28H32N8O2S/c1-5-39-20-11-6-17(12-29-20)13-30-25-28(37)36(16(3)18-7-8-18)26-22(34-25)15(2)33-24(35-26)21-23(19-9-10-19)31-14-32-27(21)38-4/h6,11-12,14,16,18-19H,5,7-10,13H2,1-4H3,(H,30,34)/t16-/m0/s1. The molecule has 0 saturated heterocycles. The number of aromatic nitrogens is 7. The van der Waals surface area contributed by atoms with Gasteiger partial charge >= 0.3 is 0 Å². The molecular weight excluding hydrogens is 512 g/mol. The van der Waals surface area contributed by atoms with E-state index in [0.717, 1.165) is 47.7 Å². The van der Waals surface area contributed by atoms with E-state index in [9.17, 15) is 4.79 Å². The van der Waals surface area contributed by atoms with Gasteiger partial charge in [-0.15, -0.1) is 11.8 Å². The summed E-state index contributed by atoms with van der Waals surface area (Å²) in [6.45, 7) is 6.54. The number of nitrogens with one attached hydrogen (secondary N) is 1. The van der Waals surface area contributed by atoms with Crippen LogP contribution in [0.15, 0.2) is 34.5 Å². The molecule has 1 N–H and O–H groups in total. The summed E-state index contributed by atoms with van der Waals surface area (Å²) in [5, 5.41) is 4.25. The van der Waals surface area contributed by atoms with Crippen LogP contribution in [-0.2, 0) is 6.54 Å². The van der Waals surface area contributed by atoms with E-state index >= 15 is 0 Å². The van der Waals surface area contributed by atoms with Gasteiger partial charge in [-0.1, -0.05) is 13.0 Å². The fourth-order valence-corrected chi connectivity index (χ4v) is 5.55. The van der Waals surface area contributed by atoms with Crippen molar-refractivity contribution in [2.45, 2.75) is 70.0 Å². The summed E-state index contributed by atoms with van der Waals surface area (Å²) in [4.78, 5) is 41.8. The van der Waals surface area contributed by atoms with Crippen molar-refractivity contribution in [2.24, 2.45) is 5.92 Å². The van der Waals surface area contributed by atoms with Crippen LogP contribution in [0.5, 0.6) is 5.88 Å². The number of fused-ring (bicyclic) bond motifs is 1. The van der Waals surface area contributed by atoms with Crippen molar-refractivity contribution in [3.8, 4) is 17.3 Å². The lowest BCUT2D eigenvalue weighted by molar-refractivity contribution is 0.397. The third kappa shape index (κ3) is 5.07. The van der Waals surface area contributed by atoms with Gasteiger partial charge in [-0.25, -0.2) is 29.9 Å². The molecule has 2 aliphatic carbocycles. The molecule has 39 heavy (non-hydrogen) atoms. The first-order chi connectivity index (χ1) is 19.0. The van der Waals surface area contributed by atoms with Gasteiger partial charge in [0.15, 0.2) is 17.3 Å². The zero-order valence-corrected chi connectivity index (χ0v) is 23.5. The Labute approximate surface area is 231 Å². The Kier molecular flexibility index (Phi) is 6.92. The minimum atomic E-state index is -0.184. The number of aryl methyl sites for hydroxylation is 1. The fraction of sp³-hybridized carbons (Fsp3) is 0.464. The van der Waals surface area contributed by atoms with Crippen molar-refractivity contribution in [3.63, 3.8) is 0 Å². The first kappa shape index (κ1) is 25.7. The lowest BCUT2D eigenvalue weighted by Crippen LogP contribution is -2.29. The average molecular weight is 545 g/mol. The smallest absolute Gasteiger partial charge is 0.295 e. The topological polar surface area (TPSA) is 121 Å². The molecule has 0 aromatic carbocycles. The van der Waals surface area contributed by atoms with E-state index in [1.807, 2.05) is 25.3 Å². The van der Waals surface area contributed by atoms with Crippen molar-refractivity contribution in [2.75, 3.05) is 18.2 Å². The summed E-state index contributed by atoms with van der Waals surface area (Å²) in [6, 6.07) is 4.01. The Hall–Kier alpha value is -3.60. The molecular formula is C28H32N8O2S. The third-order valence-corrected chi connectivity index (χ3v) is 8.22. The lowest BCUT2D eigenvalue weighted by atomic mass is 10.1. The maximum atomic E-state index is 13.9. The molecule has 11 heteroatoms. The van der Waals surface area contributed by atoms with Crippen LogP contribution in [-0.4, -0.2) is 47.3 Å². The zero-order valence-electron chi connectivity index (χ0n) is 22.6. The second-order valence-electron chi connectivity index (χ2n) is 10.2. The van der Waals surface area contributed by atoms with Crippen LogP contribution in [0.25, 0.3) is 22.6 Å². The SMILES string of the molecule is CCSc1ccc(CNc2nc3c(C)nc(-c4c(OC)ncnc4C4CC4)nc3n([C@@H](C)C3CC3)c2=O)cn1. The first-order valence-corrected chi connectivity index (χ1v) is 14.5. The number of rotatable bonds is 10. The number of nitrogens with zero attached hydrogens (tertiary/aromatic N) is 7. The Morgan fingerprint density at radius 1 is 1.13 bits per heavy atom. The number of methoxy groups -OCH3 is 1. The van der Waals surface area contributed by atoms with Crippen LogP contribution >= 0.6 is 11.8 Å². The summed E-state index contributed by atoms with van der Waals surface area (Å²) in [6.07, 6.45) is 7.68. The molecule has 202 valence electrons. The molecule has 1 atom stereocenters. The fourth-order valence-electron chi connectivity index (χ4n) is 4.96. The van der Waals surface area contributed by atoms with E-state index < -0.39 is 0 Å². The highest BCUT2D eigenvalue weighted by Crippen LogP contribution is 2.45. The van der Waals surface area contributed by atoms with Crippen molar-refractivity contribution < 1.29 is 4.74 Å². The Balaban J connectivity index is 1.45. The molecule has 6 rings (SSSR count). The van der Waals surface area contributed by atoms with Gasteiger partial charge in [0.05, 0.1) is 23.5 Å². The minimum Gasteiger partial charge on any atom is -0.480 e. The van der Waals surface area contributed by atoms with Crippen LogP contribution in [0.3, 0.4) is 0 Å². The van der Waals surface area contributed by atoms with Gasteiger partial charge in [0.1, 0.15) is 17.4 Å². The molecule has 2 fully saturated rings. The quantitative estimate of drug-likeness (QED) is 0.275. The van der Waals surface area contributed by atoms with Gasteiger partial charge in [-0.3, -0.25) is 9.36 Å². The summed E-state index contributed by atoms with van der Waals surface area (Å²) in [7, 11) is 1.59. The van der Waals surface area contributed by atoms with Crippen molar-refractivity contribution in [1.29, 1.82) is 0 Å². The molecule has 10 nitrogen and oxygen atoms in total. The van der Waals surface area contributed by atoms with E-state index in [1.165, 1.54) is 6.33 Å². The van der Waals surface area contributed by atoms with Crippen LogP contribution in [0, 0.1) is 12.8 Å². The summed E-state index contributed by atoms with van der Waals surface area (Å²) >= 11 is 1.70. The normalized spacial score (nSPS) is 15.9. The first-order valence-electron chi connectivity index (χ1n) is 13.5. The van der Waals surface area contributed by atoms with Crippen molar-refractivity contribution >= 4 is 28.7 Å². The summed E-state index contributed by atoms with van der Waals surface area (Å²) < 4.78 is 7.40. The summed E-state index contributed by atoms with van der Waals surface area (Å²) in [5.41, 5.74) is 4.21. The van der Waals surface area contributed by atoms with E-state index in [4.69, 9.17) is 19.7 Å². The van der Waals surface area contributed by atoms with Gasteiger partial charge in [-0.05, 0) is 62.8 Å². The van der Waals surface area contributed by atoms with Gasteiger partial charge in [0, 0.05) is 24.7 Å². The second-order valence-corrected chi connectivity index (χ2v) is 11.5. The average Bonchev–Trinajstić information content (AvgIpc) is 3.86. The Bertz CT molecular complexity index is 1580. The third-order valence-electron chi connectivity index (χ3n) is 7.40. The molecule has 4 heterocycles. The Morgan fingerprint density at radius 3 is 2.62 bits per heavy atom. The molecule has 0 amide bonds. The molecule has 0 aliphatic heterocycles. The maximum absolute atomic E-state index is 13.9. The van der Waals surface area contributed by atoms with Crippen molar-refractivity contribution in [3.05, 3.63) is 52.0 Å². The molecule has 2 saturated carbocycles. The zero-order chi connectivity index (χ0) is 27.1. The maximum Gasteiger partial charge on any atom is 0.295 e. The molecule has 2 aliphatic rings. The number of hydrogen-bond donors (Lipinski definition) is 1. The second kappa shape index (κ2) is 10.5. The number of pyridine rings is 1. The number of hydrogen-bond acceptors (Lipinski definition) is 10. The lowest BCUT2D eigenvalue weighted by Gasteiger charge is -2.20. The van der Waals surface area contributed by atoms with Crippen LogP contribution in [0.4, 0.5) is 5.82 Å². The molecule has 0 radical (unpaired) electrons. The van der Waals surface area contributed by atoms with Crippen LogP contribution in [0.1, 0.15) is 68.4 Å². The van der Waals surface area contributed by atoms with Gasteiger partial charge in [0.2, 0.25) is 5.88 Å². The molecule has 0 unspecified atom stereocenters. The number of thioether (sulfide) groups is 1. The minimum absolute atomic E-state index is 0.0189. The monoisotopic (exact) mass is 544 g/mol. The molecule has 4 aromatic heterocycles. The highest BCUT2D eigenvalue weighted by Gasteiger charge is 2.34. The summed E-state index contributed by atoms with van der Waals surface area (Å²) in [5.74, 6) is 2.95. The predicted octanol–water partition coefficient (Wildman–Crippen LogP) is 4.93. The number of ether oxygens (including phenoxy) is 1. The van der Waals surface area contributed by atoms with E-state index in [-0.39, 0.29) is 11.6 Å². The molecule has 4 aromatic rings. The Morgan fingerprint density at radius 2 is 1.95 bits per heavy atom. The largest absolute Gasteiger partial charge is 0.480 e. The highest BCUT2D eigenvalue weighted by molar-refractivity contribution is 7.99. The van der Waals surface area contributed by atoms with Crippen LogP contribution < -0.4 is 15.6 Å².